The summed E-state index contributed by atoms with van der Waals surface area (Å²) in [5.41, 5.74) is -0.467. The summed E-state index contributed by atoms with van der Waals surface area (Å²) in [6, 6.07) is 0. The summed E-state index contributed by atoms with van der Waals surface area (Å²) in [6.45, 7) is 0.590. The van der Waals surface area contributed by atoms with Crippen molar-refractivity contribution in [2.75, 3.05) is 13.1 Å². The van der Waals surface area contributed by atoms with Crippen LogP contribution in [0.25, 0.3) is 0 Å². The Morgan fingerprint density at radius 2 is 1.90 bits per heavy atom. The second kappa shape index (κ2) is 5.19. The van der Waals surface area contributed by atoms with Crippen LogP contribution in [0, 0.1) is 11.3 Å². The lowest BCUT2D eigenvalue weighted by Gasteiger charge is -2.26. The molecule has 1 spiro atoms. The SMILES string of the molecule is O=C(CN1C(=O)CC2(CCCC2)C1=O)NCC1CCC1. The van der Waals surface area contributed by atoms with Gasteiger partial charge in [0.25, 0.3) is 0 Å². The average Bonchev–Trinajstić information content (AvgIpc) is 2.90. The van der Waals surface area contributed by atoms with Crippen molar-refractivity contribution in [3.63, 3.8) is 0 Å². The minimum atomic E-state index is -0.467. The van der Waals surface area contributed by atoms with Gasteiger partial charge in [-0.25, -0.2) is 0 Å². The fraction of sp³-hybridized carbons (Fsp3) is 0.800. The molecule has 0 radical (unpaired) electrons. The molecular weight excluding hydrogens is 256 g/mol. The summed E-state index contributed by atoms with van der Waals surface area (Å²) in [4.78, 5) is 37.5. The number of rotatable bonds is 4. The van der Waals surface area contributed by atoms with Crippen molar-refractivity contribution in [2.24, 2.45) is 11.3 Å². The standard InChI is InChI=1S/C15H22N2O3/c18-12(16-9-11-4-3-5-11)10-17-13(19)8-15(14(17)20)6-1-2-7-15/h11H,1-10H2,(H,16,18). The molecule has 20 heavy (non-hydrogen) atoms. The molecule has 0 bridgehead atoms. The Hall–Kier alpha value is -1.39. The highest BCUT2D eigenvalue weighted by Crippen LogP contribution is 2.46. The number of nitrogens with zero attached hydrogens (tertiary/aromatic N) is 1. The summed E-state index contributed by atoms with van der Waals surface area (Å²) >= 11 is 0. The van der Waals surface area contributed by atoms with E-state index in [0.29, 0.717) is 18.9 Å². The number of carbonyl (C=O) groups is 3. The number of carbonyl (C=O) groups excluding carboxylic acids is 3. The number of hydrogen-bond acceptors (Lipinski definition) is 3. The number of nitrogens with one attached hydrogen (secondary N) is 1. The fourth-order valence-electron chi connectivity index (χ4n) is 3.62. The highest BCUT2D eigenvalue weighted by atomic mass is 16.2. The molecule has 0 unspecified atom stereocenters. The van der Waals surface area contributed by atoms with Gasteiger partial charge >= 0.3 is 0 Å². The van der Waals surface area contributed by atoms with E-state index in [1.807, 2.05) is 0 Å². The van der Waals surface area contributed by atoms with Crippen LogP contribution in [0.15, 0.2) is 0 Å². The minimum absolute atomic E-state index is 0.0911. The summed E-state index contributed by atoms with van der Waals surface area (Å²) in [5.74, 6) is 0.105. The molecule has 2 saturated carbocycles. The zero-order valence-corrected chi connectivity index (χ0v) is 11.8. The van der Waals surface area contributed by atoms with E-state index < -0.39 is 5.41 Å². The van der Waals surface area contributed by atoms with Crippen LogP contribution in [0.5, 0.6) is 0 Å². The Labute approximate surface area is 119 Å². The fourth-order valence-corrected chi connectivity index (χ4v) is 3.62. The first-order chi connectivity index (χ1) is 9.61. The van der Waals surface area contributed by atoms with Crippen molar-refractivity contribution in [2.45, 2.75) is 51.4 Å². The van der Waals surface area contributed by atoms with Crippen LogP contribution in [-0.4, -0.2) is 35.7 Å². The molecule has 0 aromatic carbocycles. The number of hydrogen-bond donors (Lipinski definition) is 1. The van der Waals surface area contributed by atoms with Crippen molar-refractivity contribution < 1.29 is 14.4 Å². The molecule has 110 valence electrons. The van der Waals surface area contributed by atoms with Gasteiger partial charge in [-0.1, -0.05) is 19.3 Å². The maximum absolute atomic E-state index is 12.4. The normalized spacial score (nSPS) is 25.3. The van der Waals surface area contributed by atoms with Crippen molar-refractivity contribution in [1.82, 2.24) is 10.2 Å². The minimum Gasteiger partial charge on any atom is -0.354 e. The van der Waals surface area contributed by atoms with Crippen LogP contribution in [0.4, 0.5) is 0 Å². The monoisotopic (exact) mass is 278 g/mol. The van der Waals surface area contributed by atoms with E-state index in [1.165, 1.54) is 24.2 Å². The zero-order chi connectivity index (χ0) is 14.2. The van der Waals surface area contributed by atoms with E-state index in [1.54, 1.807) is 0 Å². The number of amides is 3. The van der Waals surface area contributed by atoms with Crippen LogP contribution in [0.3, 0.4) is 0 Å². The quantitative estimate of drug-likeness (QED) is 0.786. The Balaban J connectivity index is 1.55. The molecule has 3 rings (SSSR count). The van der Waals surface area contributed by atoms with Gasteiger partial charge in [-0.05, 0) is 31.6 Å². The molecule has 3 amide bonds. The third kappa shape index (κ3) is 2.34. The lowest BCUT2D eigenvalue weighted by Crippen LogP contribution is -2.43. The molecule has 0 aromatic heterocycles. The van der Waals surface area contributed by atoms with Crippen molar-refractivity contribution in [3.8, 4) is 0 Å². The molecule has 1 aliphatic heterocycles. The number of likely N-dealkylation sites (tertiary alicyclic amines) is 1. The molecule has 1 saturated heterocycles. The molecule has 1 heterocycles. The second-order valence-electron chi connectivity index (χ2n) is 6.55. The summed E-state index contributed by atoms with van der Waals surface area (Å²) in [5, 5.41) is 2.85. The lowest BCUT2D eigenvalue weighted by molar-refractivity contribution is -0.144. The Morgan fingerprint density at radius 1 is 1.20 bits per heavy atom. The predicted molar refractivity (Wildman–Crippen MR) is 72.6 cm³/mol. The van der Waals surface area contributed by atoms with Gasteiger partial charge in [0.1, 0.15) is 6.54 Å². The van der Waals surface area contributed by atoms with E-state index >= 15 is 0 Å². The van der Waals surface area contributed by atoms with Crippen LogP contribution in [0.1, 0.15) is 51.4 Å². The van der Waals surface area contributed by atoms with E-state index in [-0.39, 0.29) is 24.3 Å². The Morgan fingerprint density at radius 3 is 2.50 bits per heavy atom. The maximum atomic E-state index is 12.4. The van der Waals surface area contributed by atoms with Gasteiger partial charge in [0.15, 0.2) is 0 Å². The molecular formula is C15H22N2O3. The highest BCUT2D eigenvalue weighted by Gasteiger charge is 2.52. The molecule has 0 aromatic rings. The molecule has 2 aliphatic carbocycles. The highest BCUT2D eigenvalue weighted by molar-refractivity contribution is 6.08. The number of imide groups is 1. The van der Waals surface area contributed by atoms with Crippen LogP contribution >= 0.6 is 0 Å². The smallest absolute Gasteiger partial charge is 0.240 e. The van der Waals surface area contributed by atoms with Crippen molar-refractivity contribution >= 4 is 17.7 Å². The molecule has 0 atom stereocenters. The third-order valence-electron chi connectivity index (χ3n) is 5.16. The Bertz CT molecular complexity index is 436. The van der Waals surface area contributed by atoms with Gasteiger partial charge in [0, 0.05) is 13.0 Å². The van der Waals surface area contributed by atoms with Crippen LogP contribution < -0.4 is 5.32 Å². The van der Waals surface area contributed by atoms with Crippen LogP contribution in [0.2, 0.25) is 0 Å². The molecule has 1 N–H and O–H groups in total. The largest absolute Gasteiger partial charge is 0.354 e. The summed E-state index contributed by atoms with van der Waals surface area (Å²) in [7, 11) is 0. The molecule has 3 fully saturated rings. The topological polar surface area (TPSA) is 66.5 Å². The molecule has 3 aliphatic rings. The van der Waals surface area contributed by atoms with Crippen molar-refractivity contribution in [1.29, 1.82) is 0 Å². The predicted octanol–water partition coefficient (Wildman–Crippen LogP) is 1.22. The molecule has 5 heteroatoms. The van der Waals surface area contributed by atoms with E-state index in [0.717, 1.165) is 25.7 Å². The van der Waals surface area contributed by atoms with Gasteiger partial charge in [0.2, 0.25) is 17.7 Å². The van der Waals surface area contributed by atoms with Gasteiger partial charge in [-0.15, -0.1) is 0 Å². The first kappa shape index (κ1) is 13.6. The lowest BCUT2D eigenvalue weighted by atomic mass is 9.84. The van der Waals surface area contributed by atoms with E-state index in [4.69, 9.17) is 0 Å². The van der Waals surface area contributed by atoms with E-state index in [9.17, 15) is 14.4 Å². The second-order valence-corrected chi connectivity index (χ2v) is 6.55. The molecule has 5 nitrogen and oxygen atoms in total. The Kier molecular flexibility index (Phi) is 3.52. The van der Waals surface area contributed by atoms with Gasteiger partial charge in [0.05, 0.1) is 5.41 Å². The third-order valence-corrected chi connectivity index (χ3v) is 5.16. The average molecular weight is 278 g/mol. The van der Waals surface area contributed by atoms with E-state index in [2.05, 4.69) is 5.32 Å². The van der Waals surface area contributed by atoms with Gasteiger partial charge in [-0.2, -0.15) is 0 Å². The van der Waals surface area contributed by atoms with Crippen LogP contribution in [-0.2, 0) is 14.4 Å². The zero-order valence-electron chi connectivity index (χ0n) is 11.8. The summed E-state index contributed by atoms with van der Waals surface area (Å²) < 4.78 is 0. The van der Waals surface area contributed by atoms with Crippen molar-refractivity contribution in [3.05, 3.63) is 0 Å². The summed E-state index contributed by atoms with van der Waals surface area (Å²) in [6.07, 6.45) is 7.53. The first-order valence-electron chi connectivity index (χ1n) is 7.72. The maximum Gasteiger partial charge on any atom is 0.240 e. The van der Waals surface area contributed by atoms with Gasteiger partial charge in [-0.3, -0.25) is 19.3 Å². The first-order valence-corrected chi connectivity index (χ1v) is 7.72. The van der Waals surface area contributed by atoms with Gasteiger partial charge < -0.3 is 5.32 Å².